The lowest BCUT2D eigenvalue weighted by Gasteiger charge is -2.13. The van der Waals surface area contributed by atoms with Crippen LogP contribution in [0.4, 0.5) is 5.69 Å². The number of amidine groups is 1. The maximum Gasteiger partial charge on any atom is 0.161 e. The molecular weight excluding hydrogens is 228 g/mol. The van der Waals surface area contributed by atoms with E-state index in [4.69, 9.17) is 4.99 Å². The number of aryl methyl sites for hydroxylation is 2. The molecule has 1 aliphatic heterocycles. The molecule has 2 rings (SSSR count). The summed E-state index contributed by atoms with van der Waals surface area (Å²) in [4.78, 5) is 4.70. The van der Waals surface area contributed by atoms with Gasteiger partial charge in [-0.3, -0.25) is 4.99 Å². The highest BCUT2D eigenvalue weighted by atomic mass is 32.2. The van der Waals surface area contributed by atoms with Crippen LogP contribution >= 0.6 is 11.8 Å². The third-order valence-corrected chi connectivity index (χ3v) is 4.26. The Hall–Kier alpha value is -0.960. The van der Waals surface area contributed by atoms with Crippen LogP contribution in [0.2, 0.25) is 0 Å². The lowest BCUT2D eigenvalue weighted by Crippen LogP contribution is -2.15. The van der Waals surface area contributed by atoms with Crippen LogP contribution < -0.4 is 5.32 Å². The van der Waals surface area contributed by atoms with Gasteiger partial charge in [-0.05, 0) is 38.3 Å². The van der Waals surface area contributed by atoms with Crippen molar-refractivity contribution in [2.75, 3.05) is 11.1 Å². The zero-order valence-electron chi connectivity index (χ0n) is 11.0. The molecule has 92 valence electrons. The van der Waals surface area contributed by atoms with Crippen LogP contribution in [-0.4, -0.2) is 16.5 Å². The van der Waals surface area contributed by atoms with Crippen molar-refractivity contribution < 1.29 is 0 Å². The van der Waals surface area contributed by atoms with E-state index in [1.54, 1.807) is 0 Å². The summed E-state index contributed by atoms with van der Waals surface area (Å²) in [6, 6.07) is 6.44. The zero-order valence-corrected chi connectivity index (χ0v) is 11.8. The summed E-state index contributed by atoms with van der Waals surface area (Å²) >= 11 is 1.81. The van der Waals surface area contributed by atoms with Crippen LogP contribution in [0.1, 0.15) is 31.9 Å². The van der Waals surface area contributed by atoms with Gasteiger partial charge in [0, 0.05) is 11.4 Å². The van der Waals surface area contributed by atoms with Crippen molar-refractivity contribution >= 4 is 22.6 Å². The molecule has 0 saturated carbocycles. The monoisotopic (exact) mass is 248 g/mol. The summed E-state index contributed by atoms with van der Waals surface area (Å²) in [5.41, 5.74) is 3.96. The second-order valence-electron chi connectivity index (χ2n) is 5.11. The van der Waals surface area contributed by atoms with E-state index in [1.165, 1.54) is 16.8 Å². The summed E-state index contributed by atoms with van der Waals surface area (Å²) < 4.78 is 0. The lowest BCUT2D eigenvalue weighted by atomic mass is 10.1. The highest BCUT2D eigenvalue weighted by Crippen LogP contribution is 2.29. The van der Waals surface area contributed by atoms with Gasteiger partial charge in [-0.2, -0.15) is 0 Å². The van der Waals surface area contributed by atoms with E-state index in [9.17, 15) is 0 Å². The van der Waals surface area contributed by atoms with Crippen molar-refractivity contribution in [2.24, 2.45) is 4.99 Å². The van der Waals surface area contributed by atoms with Crippen LogP contribution in [0.5, 0.6) is 0 Å². The largest absolute Gasteiger partial charge is 0.335 e. The molecule has 1 aromatic rings. The molecule has 3 heteroatoms. The molecule has 0 spiro atoms. The van der Waals surface area contributed by atoms with E-state index in [0.29, 0.717) is 0 Å². The Labute approximate surface area is 108 Å². The first-order valence-corrected chi connectivity index (χ1v) is 7.08. The minimum Gasteiger partial charge on any atom is -0.335 e. The van der Waals surface area contributed by atoms with Gasteiger partial charge in [0.15, 0.2) is 5.17 Å². The van der Waals surface area contributed by atoms with Crippen molar-refractivity contribution in [1.82, 2.24) is 0 Å². The molecule has 0 saturated heterocycles. The average molecular weight is 248 g/mol. The first-order valence-electron chi connectivity index (χ1n) is 6.10. The highest BCUT2D eigenvalue weighted by molar-refractivity contribution is 8.14. The molecule has 1 N–H and O–H groups in total. The first-order chi connectivity index (χ1) is 8.02. The molecule has 1 heterocycles. The fourth-order valence-corrected chi connectivity index (χ4v) is 3.00. The smallest absolute Gasteiger partial charge is 0.161 e. The maximum atomic E-state index is 4.70. The Kier molecular flexibility index (Phi) is 3.48. The number of hydrogen-bond acceptors (Lipinski definition) is 3. The average Bonchev–Trinajstić information content (AvgIpc) is 2.61. The molecule has 1 aromatic carbocycles. The topological polar surface area (TPSA) is 24.4 Å². The molecule has 0 aliphatic carbocycles. The van der Waals surface area contributed by atoms with Gasteiger partial charge in [-0.1, -0.05) is 36.9 Å². The molecule has 0 atom stereocenters. The number of anilines is 1. The minimum absolute atomic E-state index is 0.0715. The Morgan fingerprint density at radius 3 is 2.76 bits per heavy atom. The number of hydrogen-bond donors (Lipinski definition) is 1. The first kappa shape index (κ1) is 12.5. The molecule has 0 unspecified atom stereocenters. The quantitative estimate of drug-likeness (QED) is 0.859. The molecular formula is C14H20N2S. The molecule has 0 amide bonds. The van der Waals surface area contributed by atoms with E-state index < -0.39 is 0 Å². The van der Waals surface area contributed by atoms with Crippen LogP contribution in [0.15, 0.2) is 23.2 Å². The fraction of sp³-hybridized carbons (Fsp3) is 0.500. The molecule has 0 fully saturated rings. The van der Waals surface area contributed by atoms with Crippen molar-refractivity contribution in [3.8, 4) is 0 Å². The molecule has 2 nitrogen and oxygen atoms in total. The van der Waals surface area contributed by atoms with Crippen LogP contribution in [-0.2, 0) is 6.42 Å². The lowest BCUT2D eigenvalue weighted by molar-refractivity contribution is 0.605. The zero-order chi connectivity index (χ0) is 12.5. The Morgan fingerprint density at radius 1 is 1.41 bits per heavy atom. The second-order valence-corrected chi connectivity index (χ2v) is 6.07. The molecule has 17 heavy (non-hydrogen) atoms. The summed E-state index contributed by atoms with van der Waals surface area (Å²) in [7, 11) is 0. The van der Waals surface area contributed by atoms with E-state index in [1.807, 2.05) is 11.8 Å². The van der Waals surface area contributed by atoms with Gasteiger partial charge in [0.25, 0.3) is 0 Å². The van der Waals surface area contributed by atoms with Gasteiger partial charge in [0.05, 0.1) is 5.54 Å². The summed E-state index contributed by atoms with van der Waals surface area (Å²) in [5.74, 6) is 1.06. The predicted octanol–water partition coefficient (Wildman–Crippen LogP) is 3.85. The number of aliphatic imine (C=N–C) groups is 1. The minimum atomic E-state index is 0.0715. The molecule has 0 radical (unpaired) electrons. The Morgan fingerprint density at radius 2 is 2.18 bits per heavy atom. The highest BCUT2D eigenvalue weighted by Gasteiger charge is 2.25. The SMILES string of the molecule is CCc1cccc(C)c1NC1=NC(C)(C)CS1. The summed E-state index contributed by atoms with van der Waals surface area (Å²) in [5, 5.41) is 4.55. The third-order valence-electron chi connectivity index (χ3n) is 2.94. The fourth-order valence-electron chi connectivity index (χ4n) is 1.96. The van der Waals surface area contributed by atoms with Gasteiger partial charge in [-0.25, -0.2) is 0 Å². The molecule has 0 bridgehead atoms. The van der Waals surface area contributed by atoms with Crippen LogP contribution in [0.25, 0.3) is 0 Å². The number of nitrogens with zero attached hydrogens (tertiary/aromatic N) is 1. The van der Waals surface area contributed by atoms with Crippen molar-refractivity contribution in [3.05, 3.63) is 29.3 Å². The Bertz CT molecular complexity index is 450. The van der Waals surface area contributed by atoms with Crippen LogP contribution in [0, 0.1) is 6.92 Å². The van der Waals surface area contributed by atoms with Gasteiger partial charge < -0.3 is 5.32 Å². The Balaban J connectivity index is 2.25. The number of benzene rings is 1. The summed E-state index contributed by atoms with van der Waals surface area (Å²) in [6.45, 7) is 8.68. The standard InChI is InChI=1S/C14H20N2S/c1-5-11-8-6-7-10(2)12(11)15-13-16-14(3,4)9-17-13/h6-8H,5,9H2,1-4H3,(H,15,16). The molecule has 0 aromatic heterocycles. The predicted molar refractivity (Wildman–Crippen MR) is 78.2 cm³/mol. The number of rotatable bonds is 2. The maximum absolute atomic E-state index is 4.70. The third kappa shape index (κ3) is 2.83. The van der Waals surface area contributed by atoms with Gasteiger partial charge in [0.2, 0.25) is 0 Å². The van der Waals surface area contributed by atoms with Gasteiger partial charge in [-0.15, -0.1) is 0 Å². The van der Waals surface area contributed by atoms with Crippen LogP contribution in [0.3, 0.4) is 0 Å². The number of thioether (sulfide) groups is 1. The van der Waals surface area contributed by atoms with Crippen molar-refractivity contribution in [1.29, 1.82) is 0 Å². The van der Waals surface area contributed by atoms with E-state index in [-0.39, 0.29) is 5.54 Å². The number of nitrogens with one attached hydrogen (secondary N) is 1. The molecule has 1 aliphatic rings. The van der Waals surface area contributed by atoms with Crippen molar-refractivity contribution in [3.63, 3.8) is 0 Å². The van der Waals surface area contributed by atoms with E-state index in [2.05, 4.69) is 51.2 Å². The normalized spacial score (nSPS) is 18.0. The van der Waals surface area contributed by atoms with Crippen molar-refractivity contribution in [2.45, 2.75) is 39.7 Å². The van der Waals surface area contributed by atoms with Gasteiger partial charge in [0.1, 0.15) is 0 Å². The second kappa shape index (κ2) is 4.73. The van der Waals surface area contributed by atoms with Gasteiger partial charge >= 0.3 is 0 Å². The summed E-state index contributed by atoms with van der Waals surface area (Å²) in [6.07, 6.45) is 1.05. The number of para-hydroxylation sites is 1. The van der Waals surface area contributed by atoms with E-state index >= 15 is 0 Å². The van der Waals surface area contributed by atoms with E-state index in [0.717, 1.165) is 17.3 Å².